The molecule has 3 aliphatic heterocycles. The molecule has 2 saturated heterocycles. The van der Waals surface area contributed by atoms with E-state index in [0.29, 0.717) is 13.0 Å². The summed E-state index contributed by atoms with van der Waals surface area (Å²) in [5.74, 6) is -0.819. The molecule has 0 bridgehead atoms. The van der Waals surface area contributed by atoms with Gasteiger partial charge in [-0.3, -0.25) is 43.9 Å². The number of aromatic nitrogens is 3. The van der Waals surface area contributed by atoms with Crippen molar-refractivity contribution < 1.29 is 42.8 Å². The molecule has 17 heteroatoms. The Morgan fingerprint density at radius 2 is 1.56 bits per heavy atom. The van der Waals surface area contributed by atoms with E-state index in [4.69, 9.17) is 19.0 Å². The van der Waals surface area contributed by atoms with Crippen molar-refractivity contribution in [2.45, 2.75) is 116 Å². The van der Waals surface area contributed by atoms with Crippen LogP contribution in [-0.4, -0.2) is 112 Å². The highest BCUT2D eigenvalue weighted by atomic mass is 16.5. The van der Waals surface area contributed by atoms with E-state index in [2.05, 4.69) is 60.9 Å². The second kappa shape index (κ2) is 23.7. The Labute approximate surface area is 408 Å². The normalized spacial score (nSPS) is 16.2. The fourth-order valence-corrected chi connectivity index (χ4v) is 9.65. The van der Waals surface area contributed by atoms with Crippen LogP contribution in [0.1, 0.15) is 121 Å². The van der Waals surface area contributed by atoms with Gasteiger partial charge < -0.3 is 29.2 Å². The van der Waals surface area contributed by atoms with Gasteiger partial charge in [0.25, 0.3) is 17.7 Å². The van der Waals surface area contributed by atoms with Crippen LogP contribution < -0.4 is 20.7 Å². The molecule has 5 aromatic rings. The maximum absolute atomic E-state index is 13.2. The van der Waals surface area contributed by atoms with Crippen LogP contribution in [0.15, 0.2) is 65.2 Å². The largest absolute Gasteiger partial charge is 0.483 e. The highest BCUT2D eigenvalue weighted by Gasteiger charge is 2.46. The van der Waals surface area contributed by atoms with Gasteiger partial charge in [-0.25, -0.2) is 4.98 Å². The van der Waals surface area contributed by atoms with Gasteiger partial charge in [0.2, 0.25) is 17.7 Å². The van der Waals surface area contributed by atoms with E-state index in [9.17, 15) is 28.8 Å². The van der Waals surface area contributed by atoms with Gasteiger partial charge in [0.15, 0.2) is 6.61 Å². The third kappa shape index (κ3) is 12.3. The lowest BCUT2D eigenvalue weighted by molar-refractivity contribution is -0.136. The molecule has 70 heavy (non-hydrogen) atoms. The number of imide groups is 2. The number of unbranched alkanes of at least 4 members (excludes halogenated alkanes) is 8. The van der Waals surface area contributed by atoms with Crippen LogP contribution in [0.3, 0.4) is 0 Å². The lowest BCUT2D eigenvalue weighted by Crippen LogP contribution is -2.54. The number of anilines is 1. The Hall–Kier alpha value is -6.72. The summed E-state index contributed by atoms with van der Waals surface area (Å²) in [5, 5.41) is 12.2. The van der Waals surface area contributed by atoms with E-state index < -0.39 is 29.7 Å². The van der Waals surface area contributed by atoms with Crippen LogP contribution in [0.25, 0.3) is 22.2 Å². The summed E-state index contributed by atoms with van der Waals surface area (Å²) in [6.07, 6.45) is 11.3. The first-order valence-electron chi connectivity index (χ1n) is 24.9. The zero-order chi connectivity index (χ0) is 49.0. The van der Waals surface area contributed by atoms with E-state index in [1.54, 1.807) is 6.07 Å². The smallest absolute Gasteiger partial charge is 0.266 e. The van der Waals surface area contributed by atoms with Crippen molar-refractivity contribution >= 4 is 52.2 Å². The van der Waals surface area contributed by atoms with E-state index in [-0.39, 0.29) is 48.1 Å². The first-order valence-corrected chi connectivity index (χ1v) is 24.9. The predicted octanol–water partition coefficient (Wildman–Crippen LogP) is 6.86. The summed E-state index contributed by atoms with van der Waals surface area (Å²) >= 11 is 0. The number of piperidine rings is 1. The number of hydrogen-bond donors (Lipinski definition) is 3. The zero-order valence-electron chi connectivity index (χ0n) is 40.3. The third-order valence-corrected chi connectivity index (χ3v) is 13.5. The summed E-state index contributed by atoms with van der Waals surface area (Å²) in [5.41, 5.74) is 7.13. The maximum Gasteiger partial charge on any atom is 0.266 e. The van der Waals surface area contributed by atoms with Crippen molar-refractivity contribution in [3.8, 4) is 16.9 Å². The Bertz CT molecular complexity index is 2670. The van der Waals surface area contributed by atoms with Crippen molar-refractivity contribution in [2.75, 3.05) is 51.3 Å². The average Bonchev–Trinajstić information content (AvgIpc) is 3.98. The monoisotopic (exact) mass is 956 g/mol. The standard InChI is InChI=1S/C53H64N8O9/c1-35-49(36(2)70-58-35)38-19-22-42-41(33-38)56-45(60(42)28-27-59-29-31-68-32-30-59)24-18-37-16-20-39(21-17-37)55-46(62)15-10-8-6-4-3-5-7-9-11-26-54-48(64)34-69-44-14-12-13-40-50(44)53(67)61(52(40)66)43-23-25-47(63)57-51(43)65/h12-14,16-17,19-22,33,43H,3-11,15,18,23-32,34H2,1-2H3,(H,54,64)(H,55,62)(H,57,63,65). The SMILES string of the molecule is Cc1noc(C)c1-c1ccc2c(c1)nc(CCc1ccc(NC(=O)CCCCCCCCCCCNC(=O)COc3cccc4c3C(=O)N(C3CCC(=O)NC3=O)C4=O)cc1)n2CCN1CCOCC1. The molecule has 3 aromatic carbocycles. The minimum atomic E-state index is -1.08. The number of amides is 6. The number of nitrogens with zero attached hydrogens (tertiary/aromatic N) is 5. The molecule has 370 valence electrons. The zero-order valence-corrected chi connectivity index (χ0v) is 40.3. The topological polar surface area (TPSA) is 207 Å². The van der Waals surface area contributed by atoms with Gasteiger partial charge in [-0.2, -0.15) is 0 Å². The summed E-state index contributed by atoms with van der Waals surface area (Å²) in [4.78, 5) is 84.0. The molecule has 0 spiro atoms. The van der Waals surface area contributed by atoms with E-state index in [1.165, 1.54) is 17.7 Å². The molecule has 2 fully saturated rings. The number of fused-ring (bicyclic) bond motifs is 2. The molecule has 2 aromatic heterocycles. The number of ether oxygens (including phenoxy) is 2. The number of benzene rings is 3. The molecule has 3 aliphatic rings. The van der Waals surface area contributed by atoms with Gasteiger partial charge in [-0.1, -0.05) is 74.4 Å². The molecule has 17 nitrogen and oxygen atoms in total. The van der Waals surface area contributed by atoms with Crippen LogP contribution in [0, 0.1) is 13.8 Å². The van der Waals surface area contributed by atoms with Crippen molar-refractivity contribution in [1.29, 1.82) is 0 Å². The Morgan fingerprint density at radius 1 is 0.814 bits per heavy atom. The summed E-state index contributed by atoms with van der Waals surface area (Å²) in [7, 11) is 0. The number of imidazole rings is 1. The molecule has 6 amide bonds. The first kappa shape index (κ1) is 49.7. The summed E-state index contributed by atoms with van der Waals surface area (Å²) in [6.45, 7) is 9.28. The highest BCUT2D eigenvalue weighted by Crippen LogP contribution is 2.34. The molecule has 3 N–H and O–H groups in total. The van der Waals surface area contributed by atoms with Crippen molar-refractivity contribution in [2.24, 2.45) is 0 Å². The number of aryl methyl sites for hydroxylation is 4. The fourth-order valence-electron chi connectivity index (χ4n) is 9.65. The molecule has 5 heterocycles. The minimum Gasteiger partial charge on any atom is -0.483 e. The first-order chi connectivity index (χ1) is 34.0. The lowest BCUT2D eigenvalue weighted by Gasteiger charge is -2.27. The summed E-state index contributed by atoms with van der Waals surface area (Å²) < 4.78 is 19.1. The fraction of sp³-hybridized carbons (Fsp3) is 0.472. The Balaban J connectivity index is 0.676. The van der Waals surface area contributed by atoms with Crippen molar-refractivity contribution in [3.05, 3.63) is 94.6 Å². The van der Waals surface area contributed by atoms with Gasteiger partial charge in [0.1, 0.15) is 23.4 Å². The number of morpholine rings is 1. The second-order valence-corrected chi connectivity index (χ2v) is 18.5. The molecule has 0 saturated carbocycles. The van der Waals surface area contributed by atoms with Gasteiger partial charge in [0, 0.05) is 63.2 Å². The quantitative estimate of drug-likeness (QED) is 0.0428. The van der Waals surface area contributed by atoms with E-state index in [0.717, 1.165) is 160 Å². The van der Waals surface area contributed by atoms with Gasteiger partial charge >= 0.3 is 0 Å². The number of hydrogen-bond acceptors (Lipinski definition) is 12. The summed E-state index contributed by atoms with van der Waals surface area (Å²) in [6, 6.07) is 18.1. The number of rotatable bonds is 24. The van der Waals surface area contributed by atoms with E-state index in [1.807, 2.05) is 26.0 Å². The molecular weight excluding hydrogens is 893 g/mol. The second-order valence-electron chi connectivity index (χ2n) is 18.5. The van der Waals surface area contributed by atoms with Gasteiger partial charge in [-0.05, 0) is 87.1 Å². The number of nitrogens with one attached hydrogen (secondary N) is 3. The molecule has 1 unspecified atom stereocenters. The average molecular weight is 957 g/mol. The molecule has 0 aliphatic carbocycles. The third-order valence-electron chi connectivity index (χ3n) is 13.5. The highest BCUT2D eigenvalue weighted by molar-refractivity contribution is 6.24. The van der Waals surface area contributed by atoms with Crippen LogP contribution in [0.5, 0.6) is 5.75 Å². The molecule has 0 radical (unpaired) electrons. The van der Waals surface area contributed by atoms with Crippen LogP contribution in [-0.2, 0) is 43.3 Å². The van der Waals surface area contributed by atoms with Gasteiger partial charge in [-0.15, -0.1) is 0 Å². The Morgan fingerprint density at radius 3 is 2.29 bits per heavy atom. The molecular formula is C53H64N8O9. The van der Waals surface area contributed by atoms with Crippen LogP contribution in [0.2, 0.25) is 0 Å². The number of carbonyl (C=O) groups excluding carboxylic acids is 6. The molecule has 1 atom stereocenters. The molecule has 8 rings (SSSR count). The van der Waals surface area contributed by atoms with Crippen molar-refractivity contribution in [1.82, 2.24) is 35.1 Å². The van der Waals surface area contributed by atoms with Crippen LogP contribution in [0.4, 0.5) is 5.69 Å². The van der Waals surface area contributed by atoms with E-state index >= 15 is 0 Å². The minimum absolute atomic E-state index is 0.0104. The predicted molar refractivity (Wildman–Crippen MR) is 262 cm³/mol. The maximum atomic E-state index is 13.2. The lowest BCUT2D eigenvalue weighted by atomic mass is 10.0. The van der Waals surface area contributed by atoms with Gasteiger partial charge in [0.05, 0.1) is 41.1 Å². The van der Waals surface area contributed by atoms with Crippen LogP contribution >= 0.6 is 0 Å². The number of carbonyl (C=O) groups is 6. The van der Waals surface area contributed by atoms with Crippen molar-refractivity contribution in [3.63, 3.8) is 0 Å². The Kier molecular flexibility index (Phi) is 16.8.